The topological polar surface area (TPSA) is 55.2 Å². The highest BCUT2D eigenvalue weighted by atomic mass is 35.5. The van der Waals surface area contributed by atoms with Gasteiger partial charge in [-0.2, -0.15) is 9.37 Å². The number of nitrogens with zero attached hydrogens (tertiary/aromatic N) is 2. The van der Waals surface area contributed by atoms with Gasteiger partial charge in [0.05, 0.1) is 6.20 Å². The van der Waals surface area contributed by atoms with Crippen molar-refractivity contribution >= 4 is 11.6 Å². The van der Waals surface area contributed by atoms with Gasteiger partial charge in [-0.25, -0.2) is 4.98 Å². The average molecular weight is 269 g/mol. The summed E-state index contributed by atoms with van der Waals surface area (Å²) >= 11 is 5.58. The number of aliphatic hydroxyl groups excluding tert-OH is 1. The van der Waals surface area contributed by atoms with Crippen LogP contribution in [0.4, 0.5) is 4.39 Å². The first kappa shape index (κ1) is 12.7. The van der Waals surface area contributed by atoms with Gasteiger partial charge in [-0.1, -0.05) is 18.2 Å². The third-order valence-electron chi connectivity index (χ3n) is 2.24. The van der Waals surface area contributed by atoms with Crippen molar-refractivity contribution < 1.29 is 14.2 Å². The Bertz CT molecular complexity index is 551. The highest BCUT2D eigenvalue weighted by molar-refractivity contribution is 6.28. The lowest BCUT2D eigenvalue weighted by molar-refractivity contribution is 0.297. The summed E-state index contributed by atoms with van der Waals surface area (Å²) in [4.78, 5) is 7.16. The Balaban J connectivity index is 2.30. The van der Waals surface area contributed by atoms with Crippen molar-refractivity contribution in [2.45, 2.75) is 6.42 Å². The zero-order valence-corrected chi connectivity index (χ0v) is 10.1. The monoisotopic (exact) mass is 268 g/mol. The minimum atomic E-state index is -0.696. The lowest BCUT2D eigenvalue weighted by Crippen LogP contribution is -1.98. The Labute approximate surface area is 108 Å². The standard InChI is InChI=1S/C12H10ClFN2O2/c13-12-15-7-9(14)11(16-12)18-10-4-2-1-3-8(10)5-6-17/h1-4,7,17H,5-6H2. The van der Waals surface area contributed by atoms with Crippen LogP contribution in [0.2, 0.25) is 5.28 Å². The van der Waals surface area contributed by atoms with E-state index < -0.39 is 5.82 Å². The van der Waals surface area contributed by atoms with E-state index >= 15 is 0 Å². The maximum atomic E-state index is 13.4. The molecule has 1 heterocycles. The molecule has 0 aliphatic rings. The third-order valence-corrected chi connectivity index (χ3v) is 2.43. The predicted molar refractivity (Wildman–Crippen MR) is 64.3 cm³/mol. The second-order valence-corrected chi connectivity index (χ2v) is 3.81. The largest absolute Gasteiger partial charge is 0.436 e. The van der Waals surface area contributed by atoms with Gasteiger partial charge in [0.1, 0.15) is 5.75 Å². The average Bonchev–Trinajstić information content (AvgIpc) is 2.36. The molecule has 2 aromatic rings. The van der Waals surface area contributed by atoms with E-state index in [1.165, 1.54) is 0 Å². The van der Waals surface area contributed by atoms with E-state index in [0.717, 1.165) is 11.8 Å². The van der Waals surface area contributed by atoms with Crippen molar-refractivity contribution in [3.63, 3.8) is 0 Å². The zero-order valence-electron chi connectivity index (χ0n) is 9.31. The molecule has 6 heteroatoms. The number of benzene rings is 1. The van der Waals surface area contributed by atoms with Crippen LogP contribution in [0.5, 0.6) is 11.6 Å². The van der Waals surface area contributed by atoms with Crippen molar-refractivity contribution in [1.29, 1.82) is 0 Å². The molecule has 0 aliphatic heterocycles. The fraction of sp³-hybridized carbons (Fsp3) is 0.167. The van der Waals surface area contributed by atoms with Gasteiger partial charge in [0.25, 0.3) is 5.88 Å². The highest BCUT2D eigenvalue weighted by Gasteiger charge is 2.10. The van der Waals surface area contributed by atoms with E-state index in [9.17, 15) is 4.39 Å². The summed E-state index contributed by atoms with van der Waals surface area (Å²) in [6, 6.07) is 7.00. The molecule has 0 fully saturated rings. The first-order chi connectivity index (χ1) is 8.70. The lowest BCUT2D eigenvalue weighted by atomic mass is 10.1. The van der Waals surface area contributed by atoms with Gasteiger partial charge >= 0.3 is 0 Å². The number of halogens is 2. The van der Waals surface area contributed by atoms with Gasteiger partial charge in [0.15, 0.2) is 0 Å². The van der Waals surface area contributed by atoms with Crippen molar-refractivity contribution in [3.8, 4) is 11.6 Å². The van der Waals surface area contributed by atoms with Gasteiger partial charge in [0, 0.05) is 6.61 Å². The Kier molecular flexibility index (Phi) is 4.07. The maximum Gasteiger partial charge on any atom is 0.260 e. The maximum absolute atomic E-state index is 13.4. The molecule has 4 nitrogen and oxygen atoms in total. The molecule has 94 valence electrons. The van der Waals surface area contributed by atoms with E-state index in [-0.39, 0.29) is 17.8 Å². The van der Waals surface area contributed by atoms with E-state index in [2.05, 4.69) is 9.97 Å². The van der Waals surface area contributed by atoms with Crippen molar-refractivity contribution in [3.05, 3.63) is 47.1 Å². The van der Waals surface area contributed by atoms with Crippen LogP contribution in [0.15, 0.2) is 30.5 Å². The SMILES string of the molecule is OCCc1ccccc1Oc1nc(Cl)ncc1F. The molecule has 0 atom stereocenters. The molecule has 0 unspecified atom stereocenters. The van der Waals surface area contributed by atoms with Gasteiger partial charge in [-0.05, 0) is 29.7 Å². The Morgan fingerprint density at radius 3 is 2.89 bits per heavy atom. The Morgan fingerprint density at radius 2 is 2.11 bits per heavy atom. The van der Waals surface area contributed by atoms with Gasteiger partial charge < -0.3 is 9.84 Å². The zero-order chi connectivity index (χ0) is 13.0. The number of para-hydroxylation sites is 1. The highest BCUT2D eigenvalue weighted by Crippen LogP contribution is 2.26. The van der Waals surface area contributed by atoms with Crippen LogP contribution in [-0.2, 0) is 6.42 Å². The van der Waals surface area contributed by atoms with Gasteiger partial charge in [-0.3, -0.25) is 0 Å². The Hall–Kier alpha value is -1.72. The van der Waals surface area contributed by atoms with E-state index in [0.29, 0.717) is 12.2 Å². The molecule has 0 spiro atoms. The molecular formula is C12H10ClFN2O2. The van der Waals surface area contributed by atoms with Crippen LogP contribution in [-0.4, -0.2) is 21.7 Å². The minimum absolute atomic E-state index is 0.0205. The molecule has 0 saturated heterocycles. The molecule has 18 heavy (non-hydrogen) atoms. The molecule has 0 aliphatic carbocycles. The number of hydrogen-bond donors (Lipinski definition) is 1. The molecular weight excluding hydrogens is 259 g/mol. The summed E-state index contributed by atoms with van der Waals surface area (Å²) in [5, 5.41) is 8.84. The van der Waals surface area contributed by atoms with Crippen molar-refractivity contribution in [2.75, 3.05) is 6.61 Å². The summed E-state index contributed by atoms with van der Waals surface area (Å²) in [6.45, 7) is -0.0205. The van der Waals surface area contributed by atoms with E-state index in [4.69, 9.17) is 21.4 Å². The number of rotatable bonds is 4. The Morgan fingerprint density at radius 1 is 1.33 bits per heavy atom. The van der Waals surface area contributed by atoms with E-state index in [1.54, 1.807) is 24.3 Å². The van der Waals surface area contributed by atoms with Crippen molar-refractivity contribution in [2.24, 2.45) is 0 Å². The lowest BCUT2D eigenvalue weighted by Gasteiger charge is -2.09. The third kappa shape index (κ3) is 2.94. The number of aromatic nitrogens is 2. The summed E-state index contributed by atoms with van der Waals surface area (Å²) in [5.74, 6) is -0.501. The summed E-state index contributed by atoms with van der Waals surface area (Å²) in [5.41, 5.74) is 0.758. The summed E-state index contributed by atoms with van der Waals surface area (Å²) in [6.07, 6.45) is 1.36. The van der Waals surface area contributed by atoms with Crippen LogP contribution in [0.1, 0.15) is 5.56 Å². The first-order valence-corrected chi connectivity index (χ1v) is 5.63. The molecule has 0 bridgehead atoms. The van der Waals surface area contributed by atoms with Crippen molar-refractivity contribution in [1.82, 2.24) is 9.97 Å². The van der Waals surface area contributed by atoms with Crippen LogP contribution in [0.3, 0.4) is 0 Å². The second kappa shape index (κ2) is 5.75. The fourth-order valence-electron chi connectivity index (χ4n) is 1.44. The fourth-order valence-corrected chi connectivity index (χ4v) is 1.56. The summed E-state index contributed by atoms with van der Waals surface area (Å²) < 4.78 is 18.8. The normalized spacial score (nSPS) is 10.4. The number of hydrogen-bond acceptors (Lipinski definition) is 4. The number of aliphatic hydroxyl groups is 1. The second-order valence-electron chi connectivity index (χ2n) is 3.48. The first-order valence-electron chi connectivity index (χ1n) is 5.25. The van der Waals surface area contributed by atoms with Crippen LogP contribution in [0, 0.1) is 5.82 Å². The van der Waals surface area contributed by atoms with Crippen LogP contribution in [0.25, 0.3) is 0 Å². The minimum Gasteiger partial charge on any atom is -0.436 e. The van der Waals surface area contributed by atoms with Gasteiger partial charge in [0.2, 0.25) is 11.1 Å². The molecule has 2 rings (SSSR count). The molecule has 0 amide bonds. The van der Waals surface area contributed by atoms with E-state index in [1.807, 2.05) is 0 Å². The molecule has 0 saturated carbocycles. The van der Waals surface area contributed by atoms with Gasteiger partial charge in [-0.15, -0.1) is 0 Å². The molecule has 1 aromatic heterocycles. The van der Waals surface area contributed by atoms with Crippen LogP contribution >= 0.6 is 11.6 Å². The van der Waals surface area contributed by atoms with Crippen LogP contribution < -0.4 is 4.74 Å². The summed E-state index contributed by atoms with van der Waals surface area (Å²) in [7, 11) is 0. The quantitative estimate of drug-likeness (QED) is 0.866. The predicted octanol–water partition coefficient (Wildman–Crippen LogP) is 2.60. The smallest absolute Gasteiger partial charge is 0.260 e. The molecule has 1 aromatic carbocycles. The molecule has 1 N–H and O–H groups in total. The number of ether oxygens (including phenoxy) is 1. The molecule has 0 radical (unpaired) electrons.